The Bertz CT molecular complexity index is 983. The first-order chi connectivity index (χ1) is 11.4. The van der Waals surface area contributed by atoms with Gasteiger partial charge in [-0.25, -0.2) is 19.1 Å². The number of carbonyl (C=O) groups is 1. The van der Waals surface area contributed by atoms with Gasteiger partial charge in [0.25, 0.3) is 0 Å². The molecule has 4 heterocycles. The van der Waals surface area contributed by atoms with Crippen LogP contribution < -0.4 is 5.69 Å². The van der Waals surface area contributed by atoms with Gasteiger partial charge in [0.15, 0.2) is 0 Å². The van der Waals surface area contributed by atoms with E-state index in [0.29, 0.717) is 23.4 Å². The van der Waals surface area contributed by atoms with Crippen molar-refractivity contribution in [3.8, 4) is 17.6 Å². The lowest BCUT2D eigenvalue weighted by atomic mass is 10.2. The zero-order chi connectivity index (χ0) is 17.2. The minimum Gasteiger partial charge on any atom is -0.493 e. The van der Waals surface area contributed by atoms with Crippen molar-refractivity contribution in [1.82, 2.24) is 19.0 Å². The largest absolute Gasteiger partial charge is 0.493 e. The van der Waals surface area contributed by atoms with Gasteiger partial charge < -0.3 is 10.2 Å². The third kappa shape index (κ3) is 1.65. The number of rotatable bonds is 1. The molecule has 2 N–H and O–H groups in total. The number of imidazole rings is 1. The molecule has 2 aliphatic rings. The Hall–Kier alpha value is -3.28. The highest BCUT2D eigenvalue weighted by Crippen LogP contribution is 2.48. The Kier molecular flexibility index (Phi) is 2.75. The molecule has 0 saturated carbocycles. The molecule has 1 amide bonds. The highest BCUT2D eigenvalue weighted by atomic mass is 16.4. The number of nitrogens with zero attached hydrogens (tertiary/aromatic N) is 5. The number of amides is 1. The second-order valence-electron chi connectivity index (χ2n) is 6.01. The molecule has 122 valence electrons. The van der Waals surface area contributed by atoms with Crippen LogP contribution in [0.25, 0.3) is 5.69 Å². The topological polar surface area (TPSA) is 124 Å². The molecule has 9 nitrogen and oxygen atoms in total. The van der Waals surface area contributed by atoms with Crippen molar-refractivity contribution < 1.29 is 15.0 Å². The Labute approximate surface area is 135 Å². The average molecular weight is 327 g/mol. The monoisotopic (exact) mass is 327 g/mol. The number of hydrogen-bond donors (Lipinski definition) is 2. The molecule has 2 bridgehead atoms. The first-order valence-corrected chi connectivity index (χ1v) is 7.36. The Balaban J connectivity index is 1.89. The van der Waals surface area contributed by atoms with Gasteiger partial charge in [0, 0.05) is 6.54 Å². The van der Waals surface area contributed by atoms with Gasteiger partial charge in [-0.15, -0.1) is 0 Å². The Morgan fingerprint density at radius 1 is 1.50 bits per heavy atom. The van der Waals surface area contributed by atoms with Crippen molar-refractivity contribution in [2.24, 2.45) is 0 Å². The van der Waals surface area contributed by atoms with Gasteiger partial charge in [0.1, 0.15) is 17.5 Å². The molecule has 2 aliphatic heterocycles. The van der Waals surface area contributed by atoms with Crippen molar-refractivity contribution in [2.45, 2.75) is 25.4 Å². The van der Waals surface area contributed by atoms with E-state index in [1.165, 1.54) is 15.7 Å². The maximum atomic E-state index is 12.7. The number of aryl methyl sites for hydroxylation is 1. The molecule has 0 unspecified atom stereocenters. The predicted octanol–water partition coefficient (Wildman–Crippen LogP) is 0.899. The first-order valence-electron chi connectivity index (χ1n) is 7.36. The molecular weight excluding hydrogens is 314 g/mol. The van der Waals surface area contributed by atoms with Crippen LogP contribution in [0.15, 0.2) is 17.1 Å². The molecule has 4 rings (SSSR count). The van der Waals surface area contributed by atoms with Crippen molar-refractivity contribution in [3.05, 3.63) is 39.7 Å². The highest BCUT2D eigenvalue weighted by Gasteiger charge is 2.49. The molecule has 2 aromatic heterocycles. The van der Waals surface area contributed by atoms with E-state index in [1.54, 1.807) is 13.0 Å². The normalized spacial score (nSPS) is 20.9. The van der Waals surface area contributed by atoms with Crippen LogP contribution in [-0.4, -0.2) is 41.9 Å². The zero-order valence-electron chi connectivity index (χ0n) is 12.7. The van der Waals surface area contributed by atoms with Crippen LogP contribution in [0.1, 0.15) is 35.5 Å². The number of carboxylic acid groups (broad SMARTS) is 1. The number of fused-ring (bicyclic) bond motifs is 5. The number of nitriles is 1. The molecule has 24 heavy (non-hydrogen) atoms. The maximum Gasteiger partial charge on any atom is 0.407 e. The molecule has 2 atom stereocenters. The summed E-state index contributed by atoms with van der Waals surface area (Å²) in [6, 6.07) is 2.75. The van der Waals surface area contributed by atoms with Crippen molar-refractivity contribution in [1.29, 1.82) is 5.26 Å². The molecule has 0 aliphatic carbocycles. The minimum absolute atomic E-state index is 0.237. The van der Waals surface area contributed by atoms with Gasteiger partial charge in [-0.2, -0.15) is 5.26 Å². The summed E-state index contributed by atoms with van der Waals surface area (Å²) in [5.74, 6) is -0.274. The van der Waals surface area contributed by atoms with Crippen molar-refractivity contribution in [2.75, 3.05) is 6.54 Å². The van der Waals surface area contributed by atoms with Crippen LogP contribution in [0.5, 0.6) is 5.88 Å². The van der Waals surface area contributed by atoms with E-state index in [-0.39, 0.29) is 24.2 Å². The van der Waals surface area contributed by atoms with Crippen LogP contribution in [0, 0.1) is 18.3 Å². The Morgan fingerprint density at radius 3 is 2.88 bits per heavy atom. The van der Waals surface area contributed by atoms with E-state index in [1.807, 2.05) is 6.07 Å². The summed E-state index contributed by atoms with van der Waals surface area (Å²) in [5, 5.41) is 28.7. The third-order valence-corrected chi connectivity index (χ3v) is 4.73. The van der Waals surface area contributed by atoms with Crippen LogP contribution in [-0.2, 0) is 0 Å². The fraction of sp³-hybridized carbons (Fsp3) is 0.333. The lowest BCUT2D eigenvalue weighted by Gasteiger charge is -2.24. The van der Waals surface area contributed by atoms with Crippen LogP contribution >= 0.6 is 0 Å². The van der Waals surface area contributed by atoms with Gasteiger partial charge >= 0.3 is 11.8 Å². The number of hydrogen-bond acceptors (Lipinski definition) is 5. The summed E-state index contributed by atoms with van der Waals surface area (Å²) < 4.78 is 2.58. The second-order valence-corrected chi connectivity index (χ2v) is 6.01. The number of aromatic hydroxyl groups is 1. The van der Waals surface area contributed by atoms with Gasteiger partial charge in [-0.05, 0) is 25.0 Å². The maximum absolute atomic E-state index is 12.7. The van der Waals surface area contributed by atoms with E-state index in [2.05, 4.69) is 4.98 Å². The average Bonchev–Trinajstić information content (AvgIpc) is 3.19. The van der Waals surface area contributed by atoms with Gasteiger partial charge in [0.2, 0.25) is 5.88 Å². The van der Waals surface area contributed by atoms with Gasteiger partial charge in [-0.1, -0.05) is 0 Å². The smallest absolute Gasteiger partial charge is 0.407 e. The summed E-state index contributed by atoms with van der Waals surface area (Å²) in [5.41, 5.74) is 1.07. The summed E-state index contributed by atoms with van der Waals surface area (Å²) in [6.07, 6.45) is 0.777. The van der Waals surface area contributed by atoms with E-state index in [0.717, 1.165) is 4.57 Å². The van der Waals surface area contributed by atoms with E-state index in [4.69, 9.17) is 5.26 Å². The van der Waals surface area contributed by atoms with Crippen molar-refractivity contribution in [3.63, 3.8) is 0 Å². The molecule has 0 radical (unpaired) electrons. The fourth-order valence-electron chi connectivity index (χ4n) is 3.69. The highest BCUT2D eigenvalue weighted by molar-refractivity contribution is 5.67. The second kappa shape index (κ2) is 4.61. The zero-order valence-corrected chi connectivity index (χ0v) is 12.7. The molecular formula is C15H13N5O4. The standard InChI is InChI=1S/C15H13N5O4/c1-7-2-8(5-17-10(7)4-16)20-13(21)12-11-3-9(19(12)14(20)22)6-18(11)15(23)24/h2,5,9,11,21H,3,6H2,1H3,(H,23,24)/t9-,11-/m0/s1. The third-order valence-electron chi connectivity index (χ3n) is 4.73. The first kappa shape index (κ1) is 14.3. The van der Waals surface area contributed by atoms with Crippen LogP contribution in [0.3, 0.4) is 0 Å². The van der Waals surface area contributed by atoms with E-state index >= 15 is 0 Å². The quantitative estimate of drug-likeness (QED) is 0.802. The van der Waals surface area contributed by atoms with Gasteiger partial charge in [0.05, 0.1) is 24.0 Å². The number of aromatic nitrogens is 3. The lowest BCUT2D eigenvalue weighted by molar-refractivity contribution is 0.133. The molecule has 9 heteroatoms. The van der Waals surface area contributed by atoms with Crippen molar-refractivity contribution >= 4 is 6.09 Å². The minimum atomic E-state index is -1.07. The number of pyridine rings is 1. The molecule has 1 fully saturated rings. The molecule has 1 saturated heterocycles. The fourth-order valence-corrected chi connectivity index (χ4v) is 3.69. The molecule has 2 aromatic rings. The molecule has 0 spiro atoms. The van der Waals surface area contributed by atoms with Crippen LogP contribution in [0.4, 0.5) is 4.79 Å². The van der Waals surface area contributed by atoms with Gasteiger partial charge in [-0.3, -0.25) is 9.47 Å². The van der Waals surface area contributed by atoms with Crippen LogP contribution in [0.2, 0.25) is 0 Å². The van der Waals surface area contributed by atoms with E-state index in [9.17, 15) is 19.8 Å². The van der Waals surface area contributed by atoms with E-state index < -0.39 is 17.8 Å². The Morgan fingerprint density at radius 2 is 2.25 bits per heavy atom. The number of likely N-dealkylation sites (tertiary alicyclic amines) is 1. The SMILES string of the molecule is Cc1cc(-n2c(O)c3n(c2=O)[C@H]2C[C@@H]3N(C(=O)O)C2)cnc1C#N. The summed E-state index contributed by atoms with van der Waals surface area (Å²) >= 11 is 0. The summed E-state index contributed by atoms with van der Waals surface area (Å²) in [7, 11) is 0. The predicted molar refractivity (Wildman–Crippen MR) is 80.1 cm³/mol. The summed E-state index contributed by atoms with van der Waals surface area (Å²) in [6.45, 7) is 1.93. The summed E-state index contributed by atoms with van der Waals surface area (Å²) in [4.78, 5) is 29.3. The molecule has 0 aromatic carbocycles. The lowest BCUT2D eigenvalue weighted by Crippen LogP contribution is -2.36.